The van der Waals surface area contributed by atoms with Gasteiger partial charge in [-0.15, -0.1) is 0 Å². The molecule has 0 unspecified atom stereocenters. The number of benzene rings is 5. The lowest BCUT2D eigenvalue weighted by atomic mass is 9.90. The number of hydrogen-bond donors (Lipinski definition) is 4. The van der Waals surface area contributed by atoms with Crippen LogP contribution in [0.2, 0.25) is 0 Å². The predicted molar refractivity (Wildman–Crippen MR) is 149 cm³/mol. The lowest BCUT2D eigenvalue weighted by Gasteiger charge is -2.12. The van der Waals surface area contributed by atoms with Gasteiger partial charge in [0.05, 0.1) is 22.3 Å². The van der Waals surface area contributed by atoms with Crippen molar-refractivity contribution in [2.45, 2.75) is 0 Å². The summed E-state index contributed by atoms with van der Waals surface area (Å²) >= 11 is 0. The first kappa shape index (κ1) is 27.4. The summed E-state index contributed by atoms with van der Waals surface area (Å²) in [5, 5.41) is 38.5. The molecule has 0 aliphatic rings. The largest absolute Gasteiger partial charge is 0.478 e. The van der Waals surface area contributed by atoms with Crippen molar-refractivity contribution in [3.05, 3.63) is 129 Å². The molecule has 0 atom stereocenters. The number of ketones is 2. The number of aromatic carboxylic acids is 4. The molecule has 0 aliphatic heterocycles. The average Bonchev–Trinajstić information content (AvgIpc) is 2.98. The van der Waals surface area contributed by atoms with Gasteiger partial charge in [-0.25, -0.2) is 19.2 Å². The maximum atomic E-state index is 13.5. The molecular weight excluding hydrogens is 544 g/mol. The van der Waals surface area contributed by atoms with Crippen molar-refractivity contribution < 1.29 is 49.2 Å². The smallest absolute Gasteiger partial charge is 0.336 e. The molecule has 0 aromatic heterocycles. The normalized spacial score (nSPS) is 10.9. The molecule has 0 aliphatic carbocycles. The highest BCUT2D eigenvalue weighted by Crippen LogP contribution is 2.30. The molecule has 42 heavy (non-hydrogen) atoms. The summed E-state index contributed by atoms with van der Waals surface area (Å²) in [6.07, 6.45) is 0. The fourth-order valence-electron chi connectivity index (χ4n) is 5.01. The highest BCUT2D eigenvalue weighted by atomic mass is 16.4. The number of carbonyl (C=O) groups excluding carboxylic acids is 2. The van der Waals surface area contributed by atoms with Gasteiger partial charge in [0.1, 0.15) is 0 Å². The minimum Gasteiger partial charge on any atom is -0.478 e. The summed E-state index contributed by atoms with van der Waals surface area (Å²) in [5.74, 6) is -6.49. The molecule has 0 spiro atoms. The quantitative estimate of drug-likeness (QED) is 0.182. The number of hydrogen-bond acceptors (Lipinski definition) is 6. The molecule has 206 valence electrons. The minimum absolute atomic E-state index is 0.0635. The second kappa shape index (κ2) is 10.4. The molecule has 5 rings (SSSR count). The Labute approximate surface area is 235 Å². The molecule has 0 heterocycles. The third kappa shape index (κ3) is 4.52. The molecule has 4 N–H and O–H groups in total. The van der Waals surface area contributed by atoms with Crippen molar-refractivity contribution >= 4 is 57.0 Å². The van der Waals surface area contributed by atoms with Crippen LogP contribution >= 0.6 is 0 Å². The second-order valence-corrected chi connectivity index (χ2v) is 9.23. The molecule has 0 amide bonds. The van der Waals surface area contributed by atoms with Crippen LogP contribution in [-0.4, -0.2) is 55.9 Å². The lowest BCUT2D eigenvalue weighted by molar-refractivity contribution is 0.0681. The van der Waals surface area contributed by atoms with Crippen LogP contribution in [0.4, 0.5) is 0 Å². The zero-order valence-corrected chi connectivity index (χ0v) is 21.3. The van der Waals surface area contributed by atoms with Crippen LogP contribution in [-0.2, 0) is 0 Å². The Kier molecular flexibility index (Phi) is 6.81. The number of rotatable bonds is 8. The lowest BCUT2D eigenvalue weighted by Crippen LogP contribution is -2.10. The third-order valence-electron chi connectivity index (χ3n) is 6.90. The summed E-state index contributed by atoms with van der Waals surface area (Å²) in [6, 6.07) is 18.7. The van der Waals surface area contributed by atoms with Crippen LogP contribution in [0.5, 0.6) is 0 Å². The number of fused-ring (bicyclic) bond motifs is 2. The van der Waals surface area contributed by atoms with Crippen molar-refractivity contribution in [1.29, 1.82) is 0 Å². The number of carboxylic acid groups (broad SMARTS) is 4. The van der Waals surface area contributed by atoms with Crippen molar-refractivity contribution in [3.8, 4) is 0 Å². The van der Waals surface area contributed by atoms with Crippen LogP contribution in [0.1, 0.15) is 73.3 Å². The van der Waals surface area contributed by atoms with Gasteiger partial charge in [0.25, 0.3) is 0 Å². The van der Waals surface area contributed by atoms with E-state index in [9.17, 15) is 49.2 Å². The van der Waals surface area contributed by atoms with Gasteiger partial charge in [-0.3, -0.25) is 9.59 Å². The van der Waals surface area contributed by atoms with E-state index in [1.165, 1.54) is 84.9 Å². The van der Waals surface area contributed by atoms with Crippen molar-refractivity contribution in [1.82, 2.24) is 0 Å². The van der Waals surface area contributed by atoms with Crippen LogP contribution in [0.25, 0.3) is 21.5 Å². The molecule has 0 radical (unpaired) electrons. The zero-order valence-electron chi connectivity index (χ0n) is 21.3. The van der Waals surface area contributed by atoms with Gasteiger partial charge in [-0.1, -0.05) is 48.5 Å². The Morgan fingerprint density at radius 2 is 0.643 bits per heavy atom. The molecule has 0 saturated carbocycles. The zero-order chi connectivity index (χ0) is 30.3. The van der Waals surface area contributed by atoms with E-state index in [-0.39, 0.29) is 66.1 Å². The summed E-state index contributed by atoms with van der Waals surface area (Å²) in [6.45, 7) is 0. The minimum atomic E-state index is -1.35. The van der Waals surface area contributed by atoms with Crippen molar-refractivity contribution in [2.24, 2.45) is 0 Å². The molecule has 10 heteroatoms. The Bertz CT molecular complexity index is 1830. The molecule has 5 aromatic carbocycles. The molecular formula is C32H18O10. The predicted octanol–water partition coefficient (Wildman–Crippen LogP) is 5.25. The summed E-state index contributed by atoms with van der Waals surface area (Å²) < 4.78 is 0. The molecule has 0 saturated heterocycles. The summed E-state index contributed by atoms with van der Waals surface area (Å²) in [7, 11) is 0. The van der Waals surface area contributed by atoms with Crippen molar-refractivity contribution in [3.63, 3.8) is 0 Å². The first-order valence-corrected chi connectivity index (χ1v) is 12.2. The van der Waals surface area contributed by atoms with E-state index in [1.54, 1.807) is 0 Å². The first-order valence-electron chi connectivity index (χ1n) is 12.2. The van der Waals surface area contributed by atoms with Gasteiger partial charge in [0.15, 0.2) is 11.6 Å². The molecule has 0 bridgehead atoms. The summed E-state index contributed by atoms with van der Waals surface area (Å²) in [4.78, 5) is 74.0. The summed E-state index contributed by atoms with van der Waals surface area (Å²) in [5.41, 5.74) is -0.685. The van der Waals surface area contributed by atoms with Gasteiger partial charge >= 0.3 is 23.9 Å². The Morgan fingerprint density at radius 1 is 0.357 bits per heavy atom. The monoisotopic (exact) mass is 562 g/mol. The highest BCUT2D eigenvalue weighted by molar-refractivity contribution is 6.24. The molecule has 10 nitrogen and oxygen atoms in total. The van der Waals surface area contributed by atoms with Gasteiger partial charge < -0.3 is 20.4 Å². The van der Waals surface area contributed by atoms with E-state index in [2.05, 4.69) is 0 Å². The molecule has 5 aromatic rings. The van der Waals surface area contributed by atoms with Gasteiger partial charge in [-0.2, -0.15) is 0 Å². The standard InChI is InChI=1S/C32H18O10/c33-27(19-11-13-23(31(39)40)25-17(19)3-1-5-21(25)29(35)36)15-7-9-16(10-8-15)28(34)20-12-14-24(32(41)42)26-18(20)4-2-6-22(26)30(37)38/h1-14H,(H,35,36)(H,37,38)(H,39,40)(H,41,42). The van der Waals surface area contributed by atoms with Gasteiger partial charge in [0, 0.05) is 33.0 Å². The van der Waals surface area contributed by atoms with E-state index >= 15 is 0 Å². The van der Waals surface area contributed by atoms with Crippen LogP contribution < -0.4 is 0 Å². The third-order valence-corrected chi connectivity index (χ3v) is 6.90. The van der Waals surface area contributed by atoms with Crippen LogP contribution in [0.3, 0.4) is 0 Å². The maximum Gasteiger partial charge on any atom is 0.336 e. The average molecular weight is 562 g/mol. The highest BCUT2D eigenvalue weighted by Gasteiger charge is 2.23. The van der Waals surface area contributed by atoms with Gasteiger partial charge in [0.2, 0.25) is 0 Å². The Hall–Kier alpha value is -6.16. The van der Waals surface area contributed by atoms with E-state index in [1.807, 2.05) is 0 Å². The van der Waals surface area contributed by atoms with E-state index < -0.39 is 35.4 Å². The van der Waals surface area contributed by atoms with E-state index in [0.29, 0.717) is 0 Å². The topological polar surface area (TPSA) is 183 Å². The first-order chi connectivity index (χ1) is 20.0. The van der Waals surface area contributed by atoms with Gasteiger partial charge in [-0.05, 0) is 47.2 Å². The fraction of sp³-hybridized carbons (Fsp3) is 0. The van der Waals surface area contributed by atoms with Crippen molar-refractivity contribution in [2.75, 3.05) is 0 Å². The van der Waals surface area contributed by atoms with Crippen LogP contribution in [0.15, 0.2) is 84.9 Å². The maximum absolute atomic E-state index is 13.5. The number of carbonyl (C=O) groups is 6. The van der Waals surface area contributed by atoms with E-state index in [4.69, 9.17) is 0 Å². The Morgan fingerprint density at radius 3 is 0.952 bits per heavy atom. The van der Waals surface area contributed by atoms with Crippen LogP contribution in [0, 0.1) is 0 Å². The SMILES string of the molecule is O=C(c1ccc(C(=O)c2ccc(C(=O)O)c3c(C(=O)O)cccc23)cc1)c1ccc(C(=O)O)c2c(C(=O)O)cccc12. The second-order valence-electron chi connectivity index (χ2n) is 9.23. The Balaban J connectivity index is 1.57. The fourth-order valence-corrected chi connectivity index (χ4v) is 5.01. The molecule has 0 fully saturated rings. The number of carboxylic acids is 4. The van der Waals surface area contributed by atoms with E-state index in [0.717, 1.165) is 0 Å².